The first-order chi connectivity index (χ1) is 21.6. The van der Waals surface area contributed by atoms with Gasteiger partial charge >= 0.3 is 0 Å². The van der Waals surface area contributed by atoms with Crippen LogP contribution in [0.4, 0.5) is 0 Å². The Morgan fingerprint density at radius 3 is 2.49 bits per heavy atom. The summed E-state index contributed by atoms with van der Waals surface area (Å²) in [7, 11) is -2.18. The molecule has 2 aromatic rings. The fourth-order valence-electron chi connectivity index (χ4n) is 6.87. The lowest BCUT2D eigenvalue weighted by molar-refractivity contribution is -0.190. The first-order valence-corrected chi connectivity index (χ1v) is 20.5. The second-order valence-corrected chi connectivity index (χ2v) is 19.7. The normalized spacial score (nSPS) is 22.7. The van der Waals surface area contributed by atoms with Crippen molar-refractivity contribution in [2.75, 3.05) is 6.61 Å². The van der Waals surface area contributed by atoms with Gasteiger partial charge in [-0.15, -0.1) is 0 Å². The molecule has 0 bridgehead atoms. The van der Waals surface area contributed by atoms with E-state index in [0.29, 0.717) is 18.8 Å². The summed E-state index contributed by atoms with van der Waals surface area (Å²) >= 11 is 0. The Labute approximate surface area is 273 Å². The van der Waals surface area contributed by atoms with Crippen LogP contribution in [0.5, 0.6) is 5.75 Å². The minimum absolute atomic E-state index is 0.0447. The Kier molecular flexibility index (Phi) is 11.4. The molecule has 1 fully saturated rings. The lowest BCUT2D eigenvalue weighted by atomic mass is 9.78. The molecule has 4 atom stereocenters. The van der Waals surface area contributed by atoms with E-state index in [4.69, 9.17) is 18.6 Å². The number of hydrogen-bond acceptors (Lipinski definition) is 5. The van der Waals surface area contributed by atoms with Gasteiger partial charge in [0.25, 0.3) is 0 Å². The van der Waals surface area contributed by atoms with Crippen molar-refractivity contribution in [1.82, 2.24) is 0 Å². The van der Waals surface area contributed by atoms with Gasteiger partial charge in [-0.2, -0.15) is 0 Å². The Morgan fingerprint density at radius 2 is 1.78 bits per heavy atom. The maximum atomic E-state index is 13.9. The van der Waals surface area contributed by atoms with E-state index >= 15 is 0 Å². The SMILES string of the molecule is CCCCC[C@H](CCC1=C2[C@H](CC1=O)Cc1c(OCc3ccccc3)cccc1[C@H]2O[Si](C)(C)C(C)(C)C)OC1CCCCO1. The van der Waals surface area contributed by atoms with E-state index in [-0.39, 0.29) is 29.5 Å². The molecule has 3 aliphatic rings. The topological polar surface area (TPSA) is 54.0 Å². The van der Waals surface area contributed by atoms with Gasteiger partial charge in [-0.25, -0.2) is 0 Å². The average Bonchev–Trinajstić information content (AvgIpc) is 3.33. The molecule has 0 saturated carbocycles. The fourth-order valence-corrected chi connectivity index (χ4v) is 8.07. The summed E-state index contributed by atoms with van der Waals surface area (Å²) in [6.07, 6.45) is 10.5. The van der Waals surface area contributed by atoms with Crippen LogP contribution >= 0.6 is 0 Å². The number of ketones is 1. The highest BCUT2D eigenvalue weighted by atomic mass is 28.4. The second kappa shape index (κ2) is 15.1. The van der Waals surface area contributed by atoms with E-state index < -0.39 is 8.32 Å². The number of benzene rings is 2. The largest absolute Gasteiger partial charge is 0.489 e. The molecule has 1 heterocycles. The molecule has 2 aliphatic carbocycles. The van der Waals surface area contributed by atoms with Crippen molar-refractivity contribution in [1.29, 1.82) is 0 Å². The molecule has 1 saturated heterocycles. The Balaban J connectivity index is 1.45. The van der Waals surface area contributed by atoms with E-state index in [0.717, 1.165) is 74.9 Å². The van der Waals surface area contributed by atoms with Crippen LogP contribution in [-0.2, 0) is 31.7 Å². The molecule has 45 heavy (non-hydrogen) atoms. The van der Waals surface area contributed by atoms with Crippen LogP contribution < -0.4 is 4.74 Å². The van der Waals surface area contributed by atoms with Crippen molar-refractivity contribution in [2.45, 2.75) is 142 Å². The lowest BCUT2D eigenvalue weighted by Gasteiger charge is -2.43. The van der Waals surface area contributed by atoms with Gasteiger partial charge in [-0.3, -0.25) is 4.79 Å². The highest BCUT2D eigenvalue weighted by Gasteiger charge is 2.47. The third-order valence-corrected chi connectivity index (χ3v) is 15.0. The molecular weight excluding hydrogens is 577 g/mol. The third kappa shape index (κ3) is 8.37. The van der Waals surface area contributed by atoms with Crippen molar-refractivity contribution < 1.29 is 23.4 Å². The van der Waals surface area contributed by atoms with Gasteiger partial charge < -0.3 is 18.6 Å². The standard InChI is InChI=1S/C39H56O5Si/c1-7-8-10-18-30(43-36-21-13-14-24-41-36)22-23-32-34(40)26-29-25-33-31(38(37(29)32)44-45(5,6)39(2,3)4)19-15-20-35(33)42-27-28-16-11-9-12-17-28/h9,11-12,15-17,19-20,29-30,36,38H,7-8,10,13-14,18,21-27H2,1-6H3/t29-,30+,36?,38+/m0/s1. The minimum Gasteiger partial charge on any atom is -0.489 e. The summed E-state index contributed by atoms with van der Waals surface area (Å²) < 4.78 is 26.3. The molecule has 5 nitrogen and oxygen atoms in total. The smallest absolute Gasteiger partial charge is 0.193 e. The van der Waals surface area contributed by atoms with Crippen molar-refractivity contribution in [3.8, 4) is 5.75 Å². The molecule has 0 amide bonds. The van der Waals surface area contributed by atoms with Gasteiger partial charge in [0.15, 0.2) is 20.4 Å². The van der Waals surface area contributed by atoms with Crippen LogP contribution in [0.3, 0.4) is 0 Å². The molecule has 0 spiro atoms. The van der Waals surface area contributed by atoms with Gasteiger partial charge in [-0.05, 0) is 97.3 Å². The van der Waals surface area contributed by atoms with Crippen LogP contribution in [0.1, 0.15) is 115 Å². The highest BCUT2D eigenvalue weighted by molar-refractivity contribution is 6.74. The Morgan fingerprint density at radius 1 is 0.978 bits per heavy atom. The van der Waals surface area contributed by atoms with E-state index in [1.165, 1.54) is 29.5 Å². The first kappa shape index (κ1) is 34.1. The summed E-state index contributed by atoms with van der Waals surface area (Å²) in [5.74, 6) is 1.36. The predicted octanol–water partition coefficient (Wildman–Crippen LogP) is 10.0. The van der Waals surface area contributed by atoms with Crippen LogP contribution in [0, 0.1) is 5.92 Å². The van der Waals surface area contributed by atoms with E-state index in [1.54, 1.807) is 0 Å². The lowest BCUT2D eigenvalue weighted by Crippen LogP contribution is -2.43. The fraction of sp³-hybridized carbons (Fsp3) is 0.615. The zero-order chi connectivity index (χ0) is 32.0. The van der Waals surface area contributed by atoms with Gasteiger partial charge in [0, 0.05) is 18.6 Å². The van der Waals surface area contributed by atoms with Gasteiger partial charge in [0.1, 0.15) is 12.4 Å². The number of carbonyl (C=O) groups is 1. The van der Waals surface area contributed by atoms with Crippen LogP contribution in [0.2, 0.25) is 18.1 Å². The van der Waals surface area contributed by atoms with Gasteiger partial charge in [0.05, 0.1) is 12.2 Å². The average molecular weight is 633 g/mol. The number of fused-ring (bicyclic) bond motifs is 2. The number of hydrogen-bond donors (Lipinski definition) is 0. The molecule has 2 aromatic carbocycles. The minimum atomic E-state index is -2.18. The number of carbonyl (C=O) groups excluding carboxylic acids is 1. The van der Waals surface area contributed by atoms with Crippen molar-refractivity contribution in [2.24, 2.45) is 5.92 Å². The number of Topliss-reactive ketones (excluding diaryl/α,β-unsaturated/α-hetero) is 1. The van der Waals surface area contributed by atoms with Crippen molar-refractivity contribution >= 4 is 14.1 Å². The molecular formula is C39H56O5Si. The molecule has 1 aliphatic heterocycles. The summed E-state index contributed by atoms with van der Waals surface area (Å²) in [4.78, 5) is 13.9. The second-order valence-electron chi connectivity index (χ2n) is 14.9. The predicted molar refractivity (Wildman–Crippen MR) is 184 cm³/mol. The van der Waals surface area contributed by atoms with Crippen LogP contribution in [0.15, 0.2) is 59.7 Å². The zero-order valence-electron chi connectivity index (χ0n) is 28.7. The number of ether oxygens (including phenoxy) is 3. The number of unbranched alkanes of at least 4 members (excludes halogenated alkanes) is 2. The number of allylic oxidation sites excluding steroid dienone is 1. The molecule has 246 valence electrons. The molecule has 1 unspecified atom stereocenters. The maximum Gasteiger partial charge on any atom is 0.193 e. The molecule has 6 heteroatoms. The van der Waals surface area contributed by atoms with Crippen molar-refractivity contribution in [3.63, 3.8) is 0 Å². The van der Waals surface area contributed by atoms with Crippen LogP contribution in [-0.4, -0.2) is 33.1 Å². The molecule has 0 aromatic heterocycles. The molecule has 0 N–H and O–H groups in total. The quantitative estimate of drug-likeness (QED) is 0.153. The maximum absolute atomic E-state index is 13.9. The Hall–Kier alpha value is -2.25. The summed E-state index contributed by atoms with van der Waals surface area (Å²) in [6.45, 7) is 15.1. The van der Waals surface area contributed by atoms with Gasteiger partial charge in [-0.1, -0.05) is 89.4 Å². The van der Waals surface area contributed by atoms with E-state index in [1.807, 2.05) is 18.2 Å². The van der Waals surface area contributed by atoms with Crippen molar-refractivity contribution in [3.05, 3.63) is 76.4 Å². The Bertz CT molecular complexity index is 1300. The van der Waals surface area contributed by atoms with Gasteiger partial charge in [0.2, 0.25) is 0 Å². The zero-order valence-corrected chi connectivity index (χ0v) is 29.7. The highest BCUT2D eigenvalue weighted by Crippen LogP contribution is 2.53. The monoisotopic (exact) mass is 632 g/mol. The summed E-state index contributed by atoms with van der Waals surface area (Å²) in [5.41, 5.74) is 5.76. The van der Waals surface area contributed by atoms with Crippen LogP contribution in [0.25, 0.3) is 0 Å². The van der Waals surface area contributed by atoms with E-state index in [9.17, 15) is 4.79 Å². The third-order valence-electron chi connectivity index (χ3n) is 10.5. The van der Waals surface area contributed by atoms with E-state index in [2.05, 4.69) is 71.1 Å². The number of rotatable bonds is 14. The summed E-state index contributed by atoms with van der Waals surface area (Å²) in [6, 6.07) is 16.7. The summed E-state index contributed by atoms with van der Waals surface area (Å²) in [5, 5.41) is 0.0447. The molecule has 5 rings (SSSR count). The molecule has 0 radical (unpaired) electrons. The first-order valence-electron chi connectivity index (χ1n) is 17.6.